The second-order valence-electron chi connectivity index (χ2n) is 3.93. The molecule has 90 valence electrons. The van der Waals surface area contributed by atoms with Crippen molar-refractivity contribution < 1.29 is 19.5 Å². The molecule has 1 unspecified atom stereocenters. The molecule has 0 aromatic heterocycles. The summed E-state index contributed by atoms with van der Waals surface area (Å²) in [5.74, 6) is -1.20. The summed E-state index contributed by atoms with van der Waals surface area (Å²) in [6, 6.07) is -0.897. The highest BCUT2D eigenvalue weighted by Crippen LogP contribution is 2.06. The van der Waals surface area contributed by atoms with Crippen LogP contribution in [-0.4, -0.2) is 53.3 Å². The van der Waals surface area contributed by atoms with Crippen molar-refractivity contribution in [2.75, 3.05) is 19.6 Å². The fraction of sp³-hybridized carbons (Fsp3) is 0.700. The Morgan fingerprint density at radius 2 is 2.00 bits per heavy atom. The second-order valence-corrected chi connectivity index (χ2v) is 3.93. The van der Waals surface area contributed by atoms with Crippen molar-refractivity contribution in [2.24, 2.45) is 0 Å². The van der Waals surface area contributed by atoms with Crippen molar-refractivity contribution in [1.82, 2.24) is 10.2 Å². The van der Waals surface area contributed by atoms with Crippen LogP contribution in [0.25, 0.3) is 0 Å². The van der Waals surface area contributed by atoms with Crippen molar-refractivity contribution >= 4 is 17.7 Å². The Morgan fingerprint density at radius 1 is 1.44 bits per heavy atom. The molecule has 0 aromatic rings. The third-order valence-corrected chi connectivity index (χ3v) is 2.53. The van der Waals surface area contributed by atoms with E-state index in [1.165, 1.54) is 6.92 Å². The normalized spacial score (nSPS) is 19.2. The van der Waals surface area contributed by atoms with Crippen LogP contribution in [0.1, 0.15) is 19.8 Å². The van der Waals surface area contributed by atoms with Gasteiger partial charge in [0.15, 0.2) is 0 Å². The summed E-state index contributed by atoms with van der Waals surface area (Å²) in [5, 5.41) is 11.3. The number of carboxylic acids is 1. The van der Waals surface area contributed by atoms with Crippen LogP contribution in [0.15, 0.2) is 0 Å². The van der Waals surface area contributed by atoms with Crippen LogP contribution in [0.3, 0.4) is 0 Å². The van der Waals surface area contributed by atoms with Crippen LogP contribution < -0.4 is 5.32 Å². The standard InChI is InChI=1S/C10H16N2O4/c1-7(13)11-9(10(15)16)6-12-4-2-8(14)3-5-12/h9H,2-6H2,1H3,(H,11,13)(H,15,16). The lowest BCUT2D eigenvalue weighted by atomic mass is 10.1. The first-order valence-corrected chi connectivity index (χ1v) is 5.23. The number of rotatable bonds is 4. The number of piperidine rings is 1. The van der Waals surface area contributed by atoms with E-state index in [0.29, 0.717) is 25.9 Å². The Morgan fingerprint density at radius 3 is 2.44 bits per heavy atom. The smallest absolute Gasteiger partial charge is 0.327 e. The molecule has 0 bridgehead atoms. The fourth-order valence-electron chi connectivity index (χ4n) is 1.67. The summed E-state index contributed by atoms with van der Waals surface area (Å²) in [4.78, 5) is 34.5. The predicted molar refractivity (Wildman–Crippen MR) is 55.9 cm³/mol. The Balaban J connectivity index is 2.45. The Hall–Kier alpha value is -1.43. The molecule has 2 N–H and O–H groups in total. The number of carbonyl (C=O) groups excluding carboxylic acids is 2. The van der Waals surface area contributed by atoms with Gasteiger partial charge in [0.05, 0.1) is 0 Å². The zero-order valence-corrected chi connectivity index (χ0v) is 9.23. The summed E-state index contributed by atoms with van der Waals surface area (Å²) in [6.45, 7) is 2.68. The Bertz CT molecular complexity index is 293. The number of aliphatic carboxylic acids is 1. The van der Waals surface area contributed by atoms with E-state index in [9.17, 15) is 14.4 Å². The van der Waals surface area contributed by atoms with E-state index in [1.807, 2.05) is 4.90 Å². The number of Topliss-reactive ketones (excluding diaryl/α,β-unsaturated/α-hetero) is 1. The lowest BCUT2D eigenvalue weighted by molar-refractivity contribution is -0.142. The van der Waals surface area contributed by atoms with Crippen LogP contribution >= 0.6 is 0 Å². The highest BCUT2D eigenvalue weighted by atomic mass is 16.4. The maximum Gasteiger partial charge on any atom is 0.327 e. The number of carboxylic acid groups (broad SMARTS) is 1. The molecule has 1 fully saturated rings. The number of likely N-dealkylation sites (tertiary alicyclic amines) is 1. The summed E-state index contributed by atoms with van der Waals surface area (Å²) in [7, 11) is 0. The van der Waals surface area contributed by atoms with Crippen LogP contribution in [0.2, 0.25) is 0 Å². The molecular formula is C10H16N2O4. The van der Waals surface area contributed by atoms with Gasteiger partial charge in [0.2, 0.25) is 5.91 Å². The number of nitrogens with one attached hydrogen (secondary N) is 1. The maximum atomic E-state index is 11.0. The highest BCUT2D eigenvalue weighted by Gasteiger charge is 2.24. The van der Waals surface area contributed by atoms with Crippen molar-refractivity contribution in [2.45, 2.75) is 25.8 Å². The summed E-state index contributed by atoms with van der Waals surface area (Å²) in [5.41, 5.74) is 0. The largest absolute Gasteiger partial charge is 0.480 e. The topological polar surface area (TPSA) is 86.7 Å². The van der Waals surface area contributed by atoms with Gasteiger partial charge in [-0.3, -0.25) is 14.5 Å². The monoisotopic (exact) mass is 228 g/mol. The lowest BCUT2D eigenvalue weighted by Gasteiger charge is -2.28. The summed E-state index contributed by atoms with van der Waals surface area (Å²) in [6.07, 6.45) is 0.929. The number of amides is 1. The molecule has 0 saturated carbocycles. The van der Waals surface area contributed by atoms with E-state index in [2.05, 4.69) is 5.32 Å². The zero-order chi connectivity index (χ0) is 12.1. The number of carbonyl (C=O) groups is 3. The first kappa shape index (κ1) is 12.6. The number of hydrogen-bond acceptors (Lipinski definition) is 4. The molecule has 0 aliphatic carbocycles. The molecule has 0 aromatic carbocycles. The SMILES string of the molecule is CC(=O)NC(CN1CCC(=O)CC1)C(=O)O. The molecule has 0 spiro atoms. The number of ketones is 1. The van der Waals surface area contributed by atoms with E-state index in [-0.39, 0.29) is 18.2 Å². The average Bonchev–Trinajstić information content (AvgIpc) is 2.19. The van der Waals surface area contributed by atoms with Gasteiger partial charge in [-0.15, -0.1) is 0 Å². The lowest BCUT2D eigenvalue weighted by Crippen LogP contribution is -2.49. The van der Waals surface area contributed by atoms with Crippen molar-refractivity contribution in [3.63, 3.8) is 0 Å². The van der Waals surface area contributed by atoms with Gasteiger partial charge in [0.25, 0.3) is 0 Å². The minimum Gasteiger partial charge on any atom is -0.480 e. The van der Waals surface area contributed by atoms with Gasteiger partial charge in [0, 0.05) is 39.4 Å². The van der Waals surface area contributed by atoms with E-state index in [1.54, 1.807) is 0 Å². The van der Waals surface area contributed by atoms with Crippen LogP contribution in [0, 0.1) is 0 Å². The Labute approximate surface area is 93.6 Å². The minimum atomic E-state index is -1.05. The first-order valence-electron chi connectivity index (χ1n) is 5.23. The molecule has 6 heteroatoms. The second kappa shape index (κ2) is 5.60. The fourth-order valence-corrected chi connectivity index (χ4v) is 1.67. The molecule has 16 heavy (non-hydrogen) atoms. The van der Waals surface area contributed by atoms with E-state index in [4.69, 9.17) is 5.11 Å². The maximum absolute atomic E-state index is 11.0. The molecule has 1 saturated heterocycles. The van der Waals surface area contributed by atoms with Crippen LogP contribution in [0.5, 0.6) is 0 Å². The van der Waals surface area contributed by atoms with Gasteiger partial charge >= 0.3 is 5.97 Å². The minimum absolute atomic E-state index is 0.211. The number of hydrogen-bond donors (Lipinski definition) is 2. The van der Waals surface area contributed by atoms with Crippen LogP contribution in [0.4, 0.5) is 0 Å². The van der Waals surface area contributed by atoms with Crippen molar-refractivity contribution in [3.05, 3.63) is 0 Å². The zero-order valence-electron chi connectivity index (χ0n) is 9.23. The third-order valence-electron chi connectivity index (χ3n) is 2.53. The molecule has 1 heterocycles. The predicted octanol–water partition coefficient (Wildman–Crippen LogP) is -0.759. The molecule has 1 aliphatic rings. The Kier molecular flexibility index (Phi) is 4.42. The van der Waals surface area contributed by atoms with E-state index < -0.39 is 12.0 Å². The van der Waals surface area contributed by atoms with Gasteiger partial charge in [-0.25, -0.2) is 4.79 Å². The molecule has 1 atom stereocenters. The molecule has 1 rings (SSSR count). The first-order chi connectivity index (χ1) is 7.49. The van der Waals surface area contributed by atoms with Gasteiger partial charge in [-0.2, -0.15) is 0 Å². The molecule has 1 aliphatic heterocycles. The summed E-state index contributed by atoms with van der Waals surface area (Å²) >= 11 is 0. The molecule has 0 radical (unpaired) electrons. The quantitative estimate of drug-likeness (QED) is 0.660. The van der Waals surface area contributed by atoms with E-state index in [0.717, 1.165) is 0 Å². The molecule has 6 nitrogen and oxygen atoms in total. The van der Waals surface area contributed by atoms with Crippen molar-refractivity contribution in [3.8, 4) is 0 Å². The van der Waals surface area contributed by atoms with Gasteiger partial charge in [-0.1, -0.05) is 0 Å². The van der Waals surface area contributed by atoms with Crippen LogP contribution in [-0.2, 0) is 14.4 Å². The molecular weight excluding hydrogens is 212 g/mol. The van der Waals surface area contributed by atoms with E-state index >= 15 is 0 Å². The van der Waals surface area contributed by atoms with Gasteiger partial charge in [-0.05, 0) is 0 Å². The highest BCUT2D eigenvalue weighted by molar-refractivity contribution is 5.82. The average molecular weight is 228 g/mol. The van der Waals surface area contributed by atoms with Crippen molar-refractivity contribution in [1.29, 1.82) is 0 Å². The third kappa shape index (κ3) is 3.98. The van der Waals surface area contributed by atoms with Gasteiger partial charge in [0.1, 0.15) is 11.8 Å². The molecule has 1 amide bonds. The van der Waals surface area contributed by atoms with Gasteiger partial charge < -0.3 is 10.4 Å². The number of nitrogens with zero attached hydrogens (tertiary/aromatic N) is 1. The summed E-state index contributed by atoms with van der Waals surface area (Å²) < 4.78 is 0.